The van der Waals surface area contributed by atoms with Crippen molar-refractivity contribution in [3.8, 4) is 28.8 Å². The van der Waals surface area contributed by atoms with Gasteiger partial charge in [-0.05, 0) is 49.9 Å². The molecule has 0 bridgehead atoms. The van der Waals surface area contributed by atoms with Crippen LogP contribution in [0.1, 0.15) is 77.2 Å². The number of aryl methyl sites for hydroxylation is 3. The fraction of sp³-hybridized carbons (Fsp3) is 0.452. The van der Waals surface area contributed by atoms with E-state index in [1.165, 1.54) is 12.4 Å². The molecule has 0 fully saturated rings. The van der Waals surface area contributed by atoms with E-state index in [9.17, 15) is 4.39 Å². The van der Waals surface area contributed by atoms with E-state index in [0.717, 1.165) is 28.4 Å². The normalized spacial score (nSPS) is 10.8. The molecule has 0 aliphatic carbocycles. The Labute approximate surface area is 239 Å². The lowest BCUT2D eigenvalue weighted by Crippen LogP contribution is -2.06. The van der Waals surface area contributed by atoms with Crippen molar-refractivity contribution in [2.24, 2.45) is 5.92 Å². The summed E-state index contributed by atoms with van der Waals surface area (Å²) in [6, 6.07) is 9.77. The Bertz CT molecular complexity index is 1310. The van der Waals surface area contributed by atoms with Gasteiger partial charge in [-0.2, -0.15) is 0 Å². The van der Waals surface area contributed by atoms with Crippen LogP contribution in [0.2, 0.25) is 0 Å². The summed E-state index contributed by atoms with van der Waals surface area (Å²) in [5.41, 5.74) is 3.73. The highest BCUT2D eigenvalue weighted by Gasteiger charge is 2.19. The van der Waals surface area contributed by atoms with Crippen molar-refractivity contribution < 1.29 is 13.9 Å². The molecule has 0 unspecified atom stereocenters. The molecule has 0 radical (unpaired) electrons. The lowest BCUT2D eigenvalue weighted by Gasteiger charge is -2.15. The van der Waals surface area contributed by atoms with E-state index < -0.39 is 0 Å². The number of rotatable bonds is 6. The smallest absolute Gasteiger partial charge is 0.213 e. The second kappa shape index (κ2) is 16.9. The first kappa shape index (κ1) is 34.1. The van der Waals surface area contributed by atoms with Crippen molar-refractivity contribution in [1.29, 1.82) is 0 Å². The number of aromatic nitrogens is 6. The number of ether oxygens (including phenoxy) is 2. The molecule has 3 heterocycles. The van der Waals surface area contributed by atoms with Gasteiger partial charge in [-0.25, -0.2) is 19.3 Å². The van der Waals surface area contributed by atoms with Crippen molar-refractivity contribution in [3.05, 3.63) is 71.3 Å². The molecule has 0 saturated heterocycles. The molecule has 0 N–H and O–H groups in total. The number of benzene rings is 1. The molecule has 0 spiro atoms. The SMILES string of the molecule is CC.CC.CC(C)[C@H](C)c1ncc(F)cn1.COc1cc(C)cc(-c2nnc(C)n2-c2c(C)cccc2OC)n1. The summed E-state index contributed by atoms with van der Waals surface area (Å²) in [7, 11) is 3.26. The van der Waals surface area contributed by atoms with Crippen LogP contribution in [0, 0.1) is 32.5 Å². The van der Waals surface area contributed by atoms with Gasteiger partial charge < -0.3 is 9.47 Å². The Morgan fingerprint density at radius 1 is 0.850 bits per heavy atom. The molecule has 9 heteroatoms. The van der Waals surface area contributed by atoms with E-state index in [1.54, 1.807) is 14.2 Å². The summed E-state index contributed by atoms with van der Waals surface area (Å²) < 4.78 is 25.2. The Kier molecular flexibility index (Phi) is 14.5. The van der Waals surface area contributed by atoms with Crippen LogP contribution in [0.5, 0.6) is 11.6 Å². The van der Waals surface area contributed by atoms with Gasteiger partial charge in [0.15, 0.2) is 11.6 Å². The van der Waals surface area contributed by atoms with E-state index in [0.29, 0.717) is 29.1 Å². The Morgan fingerprint density at radius 3 is 2.02 bits per heavy atom. The molecule has 0 aliphatic rings. The van der Waals surface area contributed by atoms with E-state index >= 15 is 0 Å². The fourth-order valence-electron chi connectivity index (χ4n) is 3.59. The van der Waals surface area contributed by atoms with Gasteiger partial charge in [0.25, 0.3) is 0 Å². The fourth-order valence-corrected chi connectivity index (χ4v) is 3.59. The zero-order chi connectivity index (χ0) is 30.4. The molecule has 1 aromatic carbocycles. The Hall–Kier alpha value is -3.88. The second-order valence-electron chi connectivity index (χ2n) is 8.90. The van der Waals surface area contributed by atoms with Gasteiger partial charge in [0, 0.05) is 12.0 Å². The van der Waals surface area contributed by atoms with Gasteiger partial charge in [-0.3, -0.25) is 4.57 Å². The van der Waals surface area contributed by atoms with Crippen molar-refractivity contribution >= 4 is 0 Å². The Balaban J connectivity index is 0.000000421. The molecule has 0 amide bonds. The van der Waals surface area contributed by atoms with Crippen LogP contribution in [0.15, 0.2) is 42.7 Å². The van der Waals surface area contributed by atoms with Gasteiger partial charge in [0.05, 0.1) is 32.3 Å². The van der Waals surface area contributed by atoms with Crippen molar-refractivity contribution in [2.45, 2.75) is 75.2 Å². The molecule has 0 aliphatic heterocycles. The van der Waals surface area contributed by atoms with E-state index in [2.05, 4.69) is 39.0 Å². The first-order chi connectivity index (χ1) is 19.2. The van der Waals surface area contributed by atoms with Gasteiger partial charge in [0.1, 0.15) is 23.1 Å². The van der Waals surface area contributed by atoms with Crippen LogP contribution in [0.3, 0.4) is 0 Å². The Morgan fingerprint density at radius 2 is 1.48 bits per heavy atom. The van der Waals surface area contributed by atoms with Gasteiger partial charge in [0.2, 0.25) is 5.88 Å². The van der Waals surface area contributed by atoms with Gasteiger partial charge in [-0.15, -0.1) is 10.2 Å². The van der Waals surface area contributed by atoms with Crippen molar-refractivity contribution in [3.63, 3.8) is 0 Å². The summed E-state index contributed by atoms with van der Waals surface area (Å²) >= 11 is 0. The van der Waals surface area contributed by atoms with Crippen LogP contribution in [0.25, 0.3) is 17.2 Å². The highest BCUT2D eigenvalue weighted by Crippen LogP contribution is 2.31. The molecule has 218 valence electrons. The number of para-hydroxylation sites is 1. The van der Waals surface area contributed by atoms with E-state index in [-0.39, 0.29) is 11.7 Å². The molecule has 4 aromatic rings. The first-order valence-corrected chi connectivity index (χ1v) is 13.7. The third-order valence-corrected chi connectivity index (χ3v) is 5.90. The molecule has 4 rings (SSSR count). The van der Waals surface area contributed by atoms with Crippen LogP contribution >= 0.6 is 0 Å². The average molecular weight is 553 g/mol. The highest BCUT2D eigenvalue weighted by atomic mass is 19.1. The number of methoxy groups -OCH3 is 2. The van der Waals surface area contributed by atoms with E-state index in [4.69, 9.17) is 9.47 Å². The summed E-state index contributed by atoms with van der Waals surface area (Å²) in [6.45, 7) is 20.2. The molecule has 3 aromatic heterocycles. The van der Waals surface area contributed by atoms with Crippen molar-refractivity contribution in [1.82, 2.24) is 29.7 Å². The summed E-state index contributed by atoms with van der Waals surface area (Å²) in [5.74, 6) is 3.83. The molecule has 8 nitrogen and oxygen atoms in total. The number of hydrogen-bond donors (Lipinski definition) is 0. The van der Waals surface area contributed by atoms with E-state index in [1.807, 2.05) is 90.3 Å². The quantitative estimate of drug-likeness (QED) is 0.242. The van der Waals surface area contributed by atoms with Crippen LogP contribution in [-0.2, 0) is 0 Å². The zero-order valence-electron chi connectivity index (χ0n) is 26.1. The number of halogens is 1. The standard InChI is InChI=1S/C18H20N4O2.C9H13FN2.2C2H6/c1-11-9-14(19-16(10-11)24-5)18-21-20-13(3)22(18)17-12(2)7-6-8-15(17)23-4;1-6(2)7(3)9-11-4-8(10)5-12-9;2*1-2/h6-10H,1-5H3;4-7H,1-3H3;2*1-2H3/t;7-;;/m.0../s1. The van der Waals surface area contributed by atoms with Gasteiger partial charge >= 0.3 is 0 Å². The van der Waals surface area contributed by atoms with Crippen LogP contribution in [0.4, 0.5) is 4.39 Å². The minimum atomic E-state index is -0.380. The minimum absolute atomic E-state index is 0.283. The molecule has 1 atom stereocenters. The maximum atomic E-state index is 12.4. The van der Waals surface area contributed by atoms with Crippen LogP contribution in [-0.4, -0.2) is 43.9 Å². The number of pyridine rings is 1. The predicted molar refractivity (Wildman–Crippen MR) is 160 cm³/mol. The summed E-state index contributed by atoms with van der Waals surface area (Å²) in [5, 5.41) is 8.58. The largest absolute Gasteiger partial charge is 0.495 e. The van der Waals surface area contributed by atoms with Crippen LogP contribution < -0.4 is 9.47 Å². The summed E-state index contributed by atoms with van der Waals surface area (Å²) in [6.07, 6.45) is 2.42. The highest BCUT2D eigenvalue weighted by molar-refractivity contribution is 5.61. The minimum Gasteiger partial charge on any atom is -0.495 e. The lowest BCUT2D eigenvalue weighted by molar-refractivity contribution is 0.398. The summed E-state index contributed by atoms with van der Waals surface area (Å²) in [4.78, 5) is 12.3. The molecular formula is C31H45FN6O2. The third-order valence-electron chi connectivity index (χ3n) is 5.90. The predicted octanol–water partition coefficient (Wildman–Crippen LogP) is 7.70. The number of hydrogen-bond acceptors (Lipinski definition) is 7. The van der Waals surface area contributed by atoms with Crippen molar-refractivity contribution in [2.75, 3.05) is 14.2 Å². The zero-order valence-corrected chi connectivity index (χ0v) is 26.1. The molecule has 40 heavy (non-hydrogen) atoms. The van der Waals surface area contributed by atoms with Gasteiger partial charge in [-0.1, -0.05) is 60.6 Å². The molecule has 0 saturated carbocycles. The monoisotopic (exact) mass is 552 g/mol. The maximum absolute atomic E-state index is 12.4. The average Bonchev–Trinajstić information content (AvgIpc) is 3.35. The lowest BCUT2D eigenvalue weighted by atomic mass is 9.97. The third kappa shape index (κ3) is 8.83. The maximum Gasteiger partial charge on any atom is 0.213 e. The number of nitrogens with zero attached hydrogens (tertiary/aromatic N) is 6. The topological polar surface area (TPSA) is 87.8 Å². The second-order valence-corrected chi connectivity index (χ2v) is 8.90. The first-order valence-electron chi connectivity index (χ1n) is 13.7. The molecular weight excluding hydrogens is 507 g/mol.